The molecule has 0 atom stereocenters. The molecule has 1 aromatic heterocycles. The molecule has 0 radical (unpaired) electrons. The van der Waals surface area contributed by atoms with E-state index in [1.54, 1.807) is 37.4 Å². The Bertz CT molecular complexity index is 612. The maximum atomic E-state index is 13.1. The van der Waals surface area contributed by atoms with E-state index in [0.717, 1.165) is 11.1 Å². The Morgan fingerprint density at radius 3 is 2.65 bits per heavy atom. The molecule has 0 fully saturated rings. The van der Waals surface area contributed by atoms with Gasteiger partial charge in [0, 0.05) is 6.20 Å². The fourth-order valence-electron chi connectivity index (χ4n) is 1.79. The number of ether oxygens (including phenoxy) is 1. The first-order chi connectivity index (χ1) is 9.60. The van der Waals surface area contributed by atoms with E-state index in [1.165, 1.54) is 6.07 Å². The molecule has 1 aromatic carbocycles. The maximum absolute atomic E-state index is 13.1. The number of anilines is 1. The molecular weight excluding hydrogens is 259 g/mol. The number of nitrogen functional groups attached to an aromatic ring is 1. The Morgan fingerprint density at radius 2 is 2.05 bits per heavy atom. The Balaban J connectivity index is 2.10. The molecule has 0 aliphatic heterocycles. The molecule has 0 saturated heterocycles. The van der Waals surface area contributed by atoms with Crippen LogP contribution in [0.15, 0.2) is 36.5 Å². The number of halogens is 1. The normalized spacial score (nSPS) is 10.3. The maximum Gasteiger partial charge on any atom is 0.356 e. The van der Waals surface area contributed by atoms with Gasteiger partial charge in [0.15, 0.2) is 0 Å². The minimum Gasteiger partial charge on any atom is -0.461 e. The second-order valence-corrected chi connectivity index (χ2v) is 4.30. The van der Waals surface area contributed by atoms with Gasteiger partial charge in [-0.2, -0.15) is 0 Å². The molecule has 0 saturated carbocycles. The number of nitrogens with zero attached hydrogens (tertiary/aromatic N) is 1. The van der Waals surface area contributed by atoms with Crippen molar-refractivity contribution in [3.63, 3.8) is 0 Å². The van der Waals surface area contributed by atoms with Crippen molar-refractivity contribution in [2.24, 2.45) is 0 Å². The zero-order valence-electron chi connectivity index (χ0n) is 11.1. The number of carbonyl (C=O) groups excluding carboxylic acids is 1. The Hall–Kier alpha value is -2.43. The van der Waals surface area contributed by atoms with Crippen LogP contribution in [0.25, 0.3) is 0 Å². The fraction of sp³-hybridized carbons (Fsp3) is 0.200. The lowest BCUT2D eigenvalue weighted by atomic mass is 10.1. The minimum absolute atomic E-state index is 0.124. The van der Waals surface area contributed by atoms with Gasteiger partial charge in [0.25, 0.3) is 0 Å². The first-order valence-corrected chi connectivity index (χ1v) is 6.26. The molecule has 2 rings (SSSR count). The van der Waals surface area contributed by atoms with Gasteiger partial charge in [0.05, 0.1) is 12.3 Å². The number of esters is 1. The van der Waals surface area contributed by atoms with Gasteiger partial charge in [0.1, 0.15) is 11.5 Å². The molecule has 20 heavy (non-hydrogen) atoms. The highest BCUT2D eigenvalue weighted by atomic mass is 19.1. The SMILES string of the molecule is CCOC(=O)c1ccc(Cc2ccc(F)c(N)c2)cn1. The third-order valence-corrected chi connectivity index (χ3v) is 2.78. The summed E-state index contributed by atoms with van der Waals surface area (Å²) in [7, 11) is 0. The second kappa shape index (κ2) is 6.14. The molecule has 5 heteroatoms. The zero-order valence-corrected chi connectivity index (χ0v) is 11.1. The topological polar surface area (TPSA) is 65.2 Å². The Kier molecular flexibility index (Phi) is 4.30. The van der Waals surface area contributed by atoms with Crippen LogP contribution in [0.4, 0.5) is 10.1 Å². The number of nitrogens with two attached hydrogens (primary N) is 1. The van der Waals surface area contributed by atoms with E-state index >= 15 is 0 Å². The summed E-state index contributed by atoms with van der Waals surface area (Å²) in [6.07, 6.45) is 2.17. The van der Waals surface area contributed by atoms with Crippen molar-refractivity contribution in [2.75, 3.05) is 12.3 Å². The molecule has 4 nitrogen and oxygen atoms in total. The summed E-state index contributed by atoms with van der Waals surface area (Å²) in [5.74, 6) is -0.866. The Labute approximate surface area is 116 Å². The van der Waals surface area contributed by atoms with Gasteiger partial charge in [-0.25, -0.2) is 14.2 Å². The van der Waals surface area contributed by atoms with Gasteiger partial charge in [-0.1, -0.05) is 12.1 Å². The van der Waals surface area contributed by atoms with Crippen LogP contribution in [0, 0.1) is 5.82 Å². The zero-order chi connectivity index (χ0) is 14.5. The quantitative estimate of drug-likeness (QED) is 0.687. The fourth-order valence-corrected chi connectivity index (χ4v) is 1.79. The van der Waals surface area contributed by atoms with Crippen molar-refractivity contribution >= 4 is 11.7 Å². The average molecular weight is 274 g/mol. The van der Waals surface area contributed by atoms with Crippen LogP contribution in [0.5, 0.6) is 0 Å². The third kappa shape index (κ3) is 3.32. The van der Waals surface area contributed by atoms with E-state index in [0.29, 0.717) is 13.0 Å². The molecule has 0 aliphatic rings. The summed E-state index contributed by atoms with van der Waals surface area (Å²) in [5.41, 5.74) is 7.71. The van der Waals surface area contributed by atoms with Crippen LogP contribution < -0.4 is 5.73 Å². The van der Waals surface area contributed by atoms with E-state index in [2.05, 4.69) is 4.98 Å². The largest absolute Gasteiger partial charge is 0.461 e. The lowest BCUT2D eigenvalue weighted by molar-refractivity contribution is 0.0519. The number of hydrogen-bond donors (Lipinski definition) is 1. The molecule has 2 N–H and O–H groups in total. The van der Waals surface area contributed by atoms with Gasteiger partial charge in [-0.05, 0) is 42.7 Å². The first kappa shape index (κ1) is 14.0. The molecular formula is C15H15FN2O2. The molecule has 0 unspecified atom stereocenters. The van der Waals surface area contributed by atoms with E-state index in [4.69, 9.17) is 10.5 Å². The minimum atomic E-state index is -0.440. The summed E-state index contributed by atoms with van der Waals surface area (Å²) in [6, 6.07) is 8.00. The number of benzene rings is 1. The molecule has 1 heterocycles. The van der Waals surface area contributed by atoms with Gasteiger partial charge in [0.2, 0.25) is 0 Å². The van der Waals surface area contributed by atoms with Crippen LogP contribution in [0.2, 0.25) is 0 Å². The summed E-state index contributed by atoms with van der Waals surface area (Å²) >= 11 is 0. The summed E-state index contributed by atoms with van der Waals surface area (Å²) < 4.78 is 17.9. The summed E-state index contributed by atoms with van der Waals surface area (Å²) in [6.45, 7) is 2.06. The van der Waals surface area contributed by atoms with Crippen LogP contribution in [0.3, 0.4) is 0 Å². The molecule has 0 amide bonds. The van der Waals surface area contributed by atoms with Crippen molar-refractivity contribution in [3.8, 4) is 0 Å². The Morgan fingerprint density at radius 1 is 1.30 bits per heavy atom. The highest BCUT2D eigenvalue weighted by Gasteiger charge is 2.08. The lowest BCUT2D eigenvalue weighted by Gasteiger charge is -2.05. The molecule has 0 aliphatic carbocycles. The van der Waals surface area contributed by atoms with Gasteiger partial charge >= 0.3 is 5.97 Å². The predicted octanol–water partition coefficient (Wildman–Crippen LogP) is 2.57. The van der Waals surface area contributed by atoms with Gasteiger partial charge in [-0.3, -0.25) is 0 Å². The van der Waals surface area contributed by atoms with Crippen LogP contribution in [-0.2, 0) is 11.2 Å². The van der Waals surface area contributed by atoms with Crippen molar-refractivity contribution in [1.29, 1.82) is 0 Å². The second-order valence-electron chi connectivity index (χ2n) is 4.30. The number of pyridine rings is 1. The van der Waals surface area contributed by atoms with Crippen LogP contribution in [-0.4, -0.2) is 17.6 Å². The number of aromatic nitrogens is 1. The van der Waals surface area contributed by atoms with E-state index in [-0.39, 0.29) is 11.4 Å². The third-order valence-electron chi connectivity index (χ3n) is 2.78. The summed E-state index contributed by atoms with van der Waals surface area (Å²) in [5, 5.41) is 0. The smallest absolute Gasteiger partial charge is 0.356 e. The number of rotatable bonds is 4. The molecule has 0 bridgehead atoms. The predicted molar refractivity (Wildman–Crippen MR) is 73.8 cm³/mol. The number of hydrogen-bond acceptors (Lipinski definition) is 4. The van der Waals surface area contributed by atoms with Gasteiger partial charge < -0.3 is 10.5 Å². The summed E-state index contributed by atoms with van der Waals surface area (Å²) in [4.78, 5) is 15.5. The van der Waals surface area contributed by atoms with E-state index < -0.39 is 11.8 Å². The molecule has 104 valence electrons. The van der Waals surface area contributed by atoms with Crippen molar-refractivity contribution in [3.05, 3.63) is 59.2 Å². The van der Waals surface area contributed by atoms with Crippen molar-refractivity contribution in [2.45, 2.75) is 13.3 Å². The monoisotopic (exact) mass is 274 g/mol. The molecule has 0 spiro atoms. The van der Waals surface area contributed by atoms with Crippen LogP contribution >= 0.6 is 0 Å². The lowest BCUT2D eigenvalue weighted by Crippen LogP contribution is -2.07. The highest BCUT2D eigenvalue weighted by molar-refractivity contribution is 5.87. The van der Waals surface area contributed by atoms with Gasteiger partial charge in [-0.15, -0.1) is 0 Å². The number of carbonyl (C=O) groups is 1. The molecule has 2 aromatic rings. The standard InChI is InChI=1S/C15H15FN2O2/c1-2-20-15(19)14-6-4-11(9-18-14)7-10-3-5-12(16)13(17)8-10/h3-6,8-9H,2,7,17H2,1H3. The highest BCUT2D eigenvalue weighted by Crippen LogP contribution is 2.15. The first-order valence-electron chi connectivity index (χ1n) is 6.26. The average Bonchev–Trinajstić information content (AvgIpc) is 2.44. The van der Waals surface area contributed by atoms with Crippen LogP contribution in [0.1, 0.15) is 28.5 Å². The van der Waals surface area contributed by atoms with Crippen molar-refractivity contribution in [1.82, 2.24) is 4.98 Å². The van der Waals surface area contributed by atoms with Crippen molar-refractivity contribution < 1.29 is 13.9 Å². The van der Waals surface area contributed by atoms with E-state index in [1.807, 2.05) is 0 Å². The van der Waals surface area contributed by atoms with E-state index in [9.17, 15) is 9.18 Å².